The van der Waals surface area contributed by atoms with Crippen LogP contribution in [0.25, 0.3) is 6.08 Å². The molecule has 2 fully saturated rings. The fourth-order valence-electron chi connectivity index (χ4n) is 4.13. The molecule has 0 spiro atoms. The number of benzene rings is 1. The van der Waals surface area contributed by atoms with Crippen molar-refractivity contribution < 1.29 is 0 Å². The highest BCUT2D eigenvalue weighted by molar-refractivity contribution is 5.48. The minimum Gasteiger partial charge on any atom is -0.298 e. The highest BCUT2D eigenvalue weighted by Crippen LogP contribution is 2.29. The first kappa shape index (κ1) is 16.7. The van der Waals surface area contributed by atoms with E-state index in [1.54, 1.807) is 0 Å². The molecule has 23 heavy (non-hydrogen) atoms. The fourth-order valence-corrected chi connectivity index (χ4v) is 4.13. The van der Waals surface area contributed by atoms with Crippen LogP contribution >= 0.6 is 0 Å². The van der Waals surface area contributed by atoms with Crippen LogP contribution in [0.3, 0.4) is 0 Å². The van der Waals surface area contributed by atoms with Crippen molar-refractivity contribution in [3.05, 3.63) is 42.0 Å². The standard InChI is InChI=1S/C21H32N2/c1-2-19-10-12-21(13-11-19)23-17-15-22(16-18-23)14-6-9-20-7-4-3-5-8-20/h3-9,19,21H,2,10-18H2,1H3/b9-6+. The van der Waals surface area contributed by atoms with Gasteiger partial charge in [-0.05, 0) is 37.2 Å². The van der Waals surface area contributed by atoms with Gasteiger partial charge in [0.2, 0.25) is 0 Å². The second-order valence-electron chi connectivity index (χ2n) is 7.23. The van der Waals surface area contributed by atoms with Crippen molar-refractivity contribution in [3.8, 4) is 0 Å². The van der Waals surface area contributed by atoms with Gasteiger partial charge in [-0.15, -0.1) is 0 Å². The number of nitrogens with zero attached hydrogens (tertiary/aromatic N) is 2. The molecule has 1 aliphatic heterocycles. The van der Waals surface area contributed by atoms with Crippen LogP contribution in [0.2, 0.25) is 0 Å². The Labute approximate surface area is 142 Å². The maximum atomic E-state index is 2.77. The molecular formula is C21H32N2. The third kappa shape index (κ3) is 4.92. The van der Waals surface area contributed by atoms with E-state index in [4.69, 9.17) is 0 Å². The molecule has 1 saturated heterocycles. The van der Waals surface area contributed by atoms with Gasteiger partial charge in [-0.1, -0.05) is 55.8 Å². The Bertz CT molecular complexity index is 466. The van der Waals surface area contributed by atoms with Crippen LogP contribution in [0.5, 0.6) is 0 Å². The maximum absolute atomic E-state index is 2.77. The summed E-state index contributed by atoms with van der Waals surface area (Å²) in [5.41, 5.74) is 1.30. The van der Waals surface area contributed by atoms with E-state index < -0.39 is 0 Å². The molecule has 0 amide bonds. The van der Waals surface area contributed by atoms with Crippen molar-refractivity contribution in [2.24, 2.45) is 5.92 Å². The molecular weight excluding hydrogens is 280 g/mol. The minimum atomic E-state index is 0.875. The zero-order valence-electron chi connectivity index (χ0n) is 14.7. The van der Waals surface area contributed by atoms with E-state index in [1.807, 2.05) is 0 Å². The van der Waals surface area contributed by atoms with Crippen molar-refractivity contribution in [3.63, 3.8) is 0 Å². The van der Waals surface area contributed by atoms with Crippen molar-refractivity contribution in [2.75, 3.05) is 32.7 Å². The Kier molecular flexibility index (Phi) is 6.29. The van der Waals surface area contributed by atoms with Crippen LogP contribution < -0.4 is 0 Å². The lowest BCUT2D eigenvalue weighted by Gasteiger charge is -2.41. The summed E-state index contributed by atoms with van der Waals surface area (Å²) in [4.78, 5) is 5.36. The molecule has 0 aromatic heterocycles. The van der Waals surface area contributed by atoms with E-state index in [2.05, 4.69) is 59.2 Å². The molecule has 1 saturated carbocycles. The largest absolute Gasteiger partial charge is 0.298 e. The summed E-state index contributed by atoms with van der Waals surface area (Å²) in [6.07, 6.45) is 11.7. The highest BCUT2D eigenvalue weighted by atomic mass is 15.3. The second kappa shape index (κ2) is 8.65. The fraction of sp³-hybridized carbons (Fsp3) is 0.619. The lowest BCUT2D eigenvalue weighted by atomic mass is 9.84. The number of piperazine rings is 1. The summed E-state index contributed by atoms with van der Waals surface area (Å²) in [5.74, 6) is 1.01. The lowest BCUT2D eigenvalue weighted by molar-refractivity contribution is 0.0752. The van der Waals surface area contributed by atoms with Gasteiger partial charge in [0, 0.05) is 38.8 Å². The van der Waals surface area contributed by atoms with E-state index >= 15 is 0 Å². The highest BCUT2D eigenvalue weighted by Gasteiger charge is 2.27. The molecule has 1 aliphatic carbocycles. The smallest absolute Gasteiger partial charge is 0.0167 e. The Hall–Kier alpha value is -1.12. The summed E-state index contributed by atoms with van der Waals surface area (Å²) in [6, 6.07) is 11.5. The van der Waals surface area contributed by atoms with Crippen LogP contribution in [0.1, 0.15) is 44.6 Å². The van der Waals surface area contributed by atoms with Gasteiger partial charge < -0.3 is 0 Å². The molecule has 126 valence electrons. The zero-order chi connectivity index (χ0) is 15.9. The van der Waals surface area contributed by atoms with E-state index in [1.165, 1.54) is 63.8 Å². The molecule has 0 N–H and O–H groups in total. The van der Waals surface area contributed by atoms with Crippen molar-refractivity contribution in [2.45, 2.75) is 45.1 Å². The van der Waals surface area contributed by atoms with Crippen molar-refractivity contribution >= 4 is 6.08 Å². The second-order valence-corrected chi connectivity index (χ2v) is 7.23. The van der Waals surface area contributed by atoms with Crippen LogP contribution in [0.15, 0.2) is 36.4 Å². The van der Waals surface area contributed by atoms with Crippen LogP contribution in [0.4, 0.5) is 0 Å². The molecule has 0 radical (unpaired) electrons. The molecule has 2 nitrogen and oxygen atoms in total. The summed E-state index contributed by atoms with van der Waals surface area (Å²) in [7, 11) is 0. The summed E-state index contributed by atoms with van der Waals surface area (Å²) >= 11 is 0. The molecule has 0 bridgehead atoms. The quantitative estimate of drug-likeness (QED) is 0.800. The number of hydrogen-bond donors (Lipinski definition) is 0. The Balaban J connectivity index is 1.38. The predicted molar refractivity (Wildman–Crippen MR) is 99.5 cm³/mol. The van der Waals surface area contributed by atoms with E-state index in [0.29, 0.717) is 0 Å². The summed E-state index contributed by atoms with van der Waals surface area (Å²) < 4.78 is 0. The lowest BCUT2D eigenvalue weighted by Crippen LogP contribution is -2.51. The van der Waals surface area contributed by atoms with Gasteiger partial charge in [0.15, 0.2) is 0 Å². The first-order chi connectivity index (χ1) is 11.3. The molecule has 0 unspecified atom stereocenters. The molecule has 3 rings (SSSR count). The average Bonchev–Trinajstić information content (AvgIpc) is 2.63. The first-order valence-corrected chi connectivity index (χ1v) is 9.53. The van der Waals surface area contributed by atoms with Crippen LogP contribution in [0, 0.1) is 5.92 Å². The van der Waals surface area contributed by atoms with Gasteiger partial charge in [0.1, 0.15) is 0 Å². The third-order valence-corrected chi connectivity index (χ3v) is 5.79. The van der Waals surface area contributed by atoms with Gasteiger partial charge in [0.05, 0.1) is 0 Å². The topological polar surface area (TPSA) is 6.48 Å². The monoisotopic (exact) mass is 312 g/mol. The van der Waals surface area contributed by atoms with Crippen molar-refractivity contribution in [1.29, 1.82) is 0 Å². The number of rotatable bonds is 5. The molecule has 1 aromatic carbocycles. The van der Waals surface area contributed by atoms with Gasteiger partial charge in [0.25, 0.3) is 0 Å². The molecule has 2 heteroatoms. The van der Waals surface area contributed by atoms with E-state index in [9.17, 15) is 0 Å². The van der Waals surface area contributed by atoms with Crippen LogP contribution in [-0.2, 0) is 0 Å². The van der Waals surface area contributed by atoms with Gasteiger partial charge in [-0.25, -0.2) is 0 Å². The van der Waals surface area contributed by atoms with Crippen LogP contribution in [-0.4, -0.2) is 48.6 Å². The van der Waals surface area contributed by atoms with Gasteiger partial charge >= 0.3 is 0 Å². The maximum Gasteiger partial charge on any atom is 0.0167 e. The zero-order valence-corrected chi connectivity index (χ0v) is 14.7. The normalized spacial score (nSPS) is 27.5. The molecule has 1 aromatic rings. The molecule has 2 aliphatic rings. The third-order valence-electron chi connectivity index (χ3n) is 5.79. The number of hydrogen-bond acceptors (Lipinski definition) is 2. The minimum absolute atomic E-state index is 0.875. The Morgan fingerprint density at radius 1 is 0.957 bits per heavy atom. The summed E-state index contributed by atoms with van der Waals surface area (Å²) in [6.45, 7) is 8.43. The van der Waals surface area contributed by atoms with E-state index in [-0.39, 0.29) is 0 Å². The first-order valence-electron chi connectivity index (χ1n) is 9.53. The van der Waals surface area contributed by atoms with Crippen molar-refractivity contribution in [1.82, 2.24) is 9.80 Å². The predicted octanol–water partition coefficient (Wildman–Crippen LogP) is 4.29. The Morgan fingerprint density at radius 3 is 2.30 bits per heavy atom. The average molecular weight is 313 g/mol. The van der Waals surface area contributed by atoms with Gasteiger partial charge in [-0.2, -0.15) is 0 Å². The molecule has 1 heterocycles. The van der Waals surface area contributed by atoms with Gasteiger partial charge in [-0.3, -0.25) is 9.80 Å². The molecule has 0 atom stereocenters. The SMILES string of the molecule is CCC1CCC(N2CCN(C/C=C/c3ccccc3)CC2)CC1. The van der Waals surface area contributed by atoms with E-state index in [0.717, 1.165) is 18.5 Å². The Morgan fingerprint density at radius 2 is 1.65 bits per heavy atom. The summed E-state index contributed by atoms with van der Waals surface area (Å²) in [5, 5.41) is 0.